The van der Waals surface area contributed by atoms with Crippen molar-refractivity contribution in [3.63, 3.8) is 0 Å². The highest BCUT2D eigenvalue weighted by Crippen LogP contribution is 2.58. The molecule has 0 spiro atoms. The second-order valence-electron chi connectivity index (χ2n) is 6.40. The minimum atomic E-state index is -0.0605. The average molecular weight is 289 g/mol. The Morgan fingerprint density at radius 2 is 2.10 bits per heavy atom. The monoisotopic (exact) mass is 289 g/mol. The lowest BCUT2D eigenvalue weighted by Crippen LogP contribution is -1.94. The molecule has 0 unspecified atom stereocenters. The van der Waals surface area contributed by atoms with Crippen LogP contribution in [0.1, 0.15) is 49.9 Å². The number of imidazole rings is 1. The lowest BCUT2D eigenvalue weighted by atomic mass is 10.00. The van der Waals surface area contributed by atoms with Gasteiger partial charge in [-0.1, -0.05) is 32.9 Å². The Bertz CT molecular complexity index is 600. The number of H-pyrrole nitrogens is 1. The number of halogens is 1. The quantitative estimate of drug-likeness (QED) is 0.870. The molecular weight excluding hydrogens is 265 g/mol. The van der Waals surface area contributed by atoms with Gasteiger partial charge >= 0.3 is 0 Å². The smallest absolute Gasteiger partial charge is 0.197 e. The third-order valence-electron chi connectivity index (χ3n) is 4.09. The zero-order chi connectivity index (χ0) is 15.6. The summed E-state index contributed by atoms with van der Waals surface area (Å²) in [6, 6.07) is 5.59. The van der Waals surface area contributed by atoms with Crippen molar-refractivity contribution >= 4 is 5.95 Å². The number of nitrogens with zero attached hydrogens (tertiary/aromatic N) is 1. The number of aromatic amines is 1. The highest BCUT2D eigenvalue weighted by Gasteiger charge is 2.46. The van der Waals surface area contributed by atoms with Gasteiger partial charge in [0.2, 0.25) is 0 Å². The summed E-state index contributed by atoms with van der Waals surface area (Å²) in [6.07, 6.45) is 3.71. The van der Waals surface area contributed by atoms with Gasteiger partial charge in [-0.25, -0.2) is 9.37 Å². The summed E-state index contributed by atoms with van der Waals surface area (Å²) in [5, 5.41) is 0. The molecular formula is C17H24FN3. The minimum absolute atomic E-state index is 0.0605. The van der Waals surface area contributed by atoms with Gasteiger partial charge in [0.15, 0.2) is 5.95 Å². The van der Waals surface area contributed by atoms with Crippen LogP contribution in [0.4, 0.5) is 10.3 Å². The second kappa shape index (κ2) is 5.88. The summed E-state index contributed by atoms with van der Waals surface area (Å²) < 4.78 is 13.2. The standard InChI is InChI=1S/C13H17F.C4H7N3/c1-4-9-7-10(5-6-12(9)14)11-8-13(11,2)3;1-3-2-6-4(5)7-3/h5-7,11H,4,8H2,1-3H3;2H,1H3,(H3,5,6,7)/t11-;/m0./s1. The van der Waals surface area contributed by atoms with Gasteiger partial charge in [-0.2, -0.15) is 0 Å². The third-order valence-corrected chi connectivity index (χ3v) is 4.09. The van der Waals surface area contributed by atoms with Crippen molar-refractivity contribution in [2.24, 2.45) is 5.41 Å². The molecule has 1 aliphatic carbocycles. The molecule has 1 aliphatic rings. The Morgan fingerprint density at radius 3 is 2.48 bits per heavy atom. The molecule has 1 aromatic carbocycles. The van der Waals surface area contributed by atoms with Gasteiger partial charge in [-0.15, -0.1) is 0 Å². The molecule has 1 atom stereocenters. The van der Waals surface area contributed by atoms with Gasteiger partial charge in [0, 0.05) is 11.9 Å². The SMILES string of the molecule is CCc1cc([C@@H]2CC2(C)C)ccc1F.Cc1cnc(N)[nH]1. The van der Waals surface area contributed by atoms with Crippen LogP contribution < -0.4 is 5.73 Å². The zero-order valence-electron chi connectivity index (χ0n) is 13.2. The lowest BCUT2D eigenvalue weighted by molar-refractivity contribution is 0.604. The molecule has 1 saturated carbocycles. The Labute approximate surface area is 125 Å². The molecule has 3 rings (SSSR count). The van der Waals surface area contributed by atoms with E-state index in [1.54, 1.807) is 12.3 Å². The zero-order valence-corrected chi connectivity index (χ0v) is 13.2. The van der Waals surface area contributed by atoms with Crippen molar-refractivity contribution in [2.75, 3.05) is 5.73 Å². The van der Waals surface area contributed by atoms with Crippen LogP contribution in [0.5, 0.6) is 0 Å². The molecule has 2 aromatic rings. The van der Waals surface area contributed by atoms with Crippen molar-refractivity contribution in [3.05, 3.63) is 47.0 Å². The molecule has 0 aliphatic heterocycles. The topological polar surface area (TPSA) is 54.7 Å². The molecule has 21 heavy (non-hydrogen) atoms. The van der Waals surface area contributed by atoms with Crippen LogP contribution in [-0.4, -0.2) is 9.97 Å². The number of aryl methyl sites for hydroxylation is 2. The number of hydrogen-bond acceptors (Lipinski definition) is 2. The first-order chi connectivity index (χ1) is 9.83. The summed E-state index contributed by atoms with van der Waals surface area (Å²) in [6.45, 7) is 8.45. The molecule has 1 fully saturated rings. The first-order valence-electron chi connectivity index (χ1n) is 7.39. The molecule has 0 radical (unpaired) electrons. The number of benzene rings is 1. The summed E-state index contributed by atoms with van der Waals surface area (Å²) in [5.41, 5.74) is 8.81. The Kier molecular flexibility index (Phi) is 4.35. The van der Waals surface area contributed by atoms with Crippen LogP contribution in [0, 0.1) is 18.2 Å². The van der Waals surface area contributed by atoms with Crippen LogP contribution in [0.15, 0.2) is 24.4 Å². The van der Waals surface area contributed by atoms with E-state index in [2.05, 4.69) is 23.8 Å². The average Bonchev–Trinajstić information content (AvgIpc) is 2.89. The Hall–Kier alpha value is -1.84. The maximum Gasteiger partial charge on any atom is 0.197 e. The van der Waals surface area contributed by atoms with Crippen molar-refractivity contribution in [3.8, 4) is 0 Å². The summed E-state index contributed by atoms with van der Waals surface area (Å²) >= 11 is 0. The number of nitrogens with two attached hydrogens (primary N) is 1. The van der Waals surface area contributed by atoms with Gasteiger partial charge in [0.1, 0.15) is 5.82 Å². The van der Waals surface area contributed by atoms with Gasteiger partial charge in [-0.05, 0) is 48.3 Å². The number of aromatic nitrogens is 2. The fraction of sp³-hybridized carbons (Fsp3) is 0.471. The van der Waals surface area contributed by atoms with E-state index in [1.165, 1.54) is 12.0 Å². The lowest BCUT2D eigenvalue weighted by Gasteiger charge is -2.06. The molecule has 1 heterocycles. The van der Waals surface area contributed by atoms with Crippen LogP contribution >= 0.6 is 0 Å². The van der Waals surface area contributed by atoms with E-state index in [-0.39, 0.29) is 5.82 Å². The van der Waals surface area contributed by atoms with Crippen LogP contribution in [0.3, 0.4) is 0 Å². The maximum atomic E-state index is 13.2. The van der Waals surface area contributed by atoms with Gasteiger partial charge < -0.3 is 10.7 Å². The third kappa shape index (κ3) is 3.84. The minimum Gasteiger partial charge on any atom is -0.369 e. The number of hydrogen-bond donors (Lipinski definition) is 2. The number of anilines is 1. The molecule has 4 heteroatoms. The fourth-order valence-corrected chi connectivity index (χ4v) is 2.55. The molecule has 0 saturated heterocycles. The molecule has 3 nitrogen and oxygen atoms in total. The van der Waals surface area contributed by atoms with Crippen LogP contribution in [0.2, 0.25) is 0 Å². The predicted molar refractivity (Wildman–Crippen MR) is 84.7 cm³/mol. The van der Waals surface area contributed by atoms with E-state index in [9.17, 15) is 4.39 Å². The second-order valence-corrected chi connectivity index (χ2v) is 6.40. The summed E-state index contributed by atoms with van der Waals surface area (Å²) in [5.74, 6) is 1.07. The van der Waals surface area contributed by atoms with E-state index in [4.69, 9.17) is 5.73 Å². The van der Waals surface area contributed by atoms with E-state index in [1.807, 2.05) is 26.0 Å². The largest absolute Gasteiger partial charge is 0.369 e. The predicted octanol–water partition coefficient (Wildman–Crippen LogP) is 4.20. The summed E-state index contributed by atoms with van der Waals surface area (Å²) in [4.78, 5) is 6.54. The summed E-state index contributed by atoms with van der Waals surface area (Å²) in [7, 11) is 0. The molecule has 3 N–H and O–H groups in total. The molecule has 114 valence electrons. The first-order valence-corrected chi connectivity index (χ1v) is 7.39. The highest BCUT2D eigenvalue weighted by molar-refractivity contribution is 5.33. The van der Waals surface area contributed by atoms with E-state index in [0.717, 1.165) is 17.7 Å². The van der Waals surface area contributed by atoms with Gasteiger partial charge in [-0.3, -0.25) is 0 Å². The van der Waals surface area contributed by atoms with Crippen molar-refractivity contribution < 1.29 is 4.39 Å². The number of nitrogen functional groups attached to an aromatic ring is 1. The normalized spacial score (nSPS) is 18.8. The molecule has 1 aromatic heterocycles. The number of nitrogens with one attached hydrogen (secondary N) is 1. The Morgan fingerprint density at radius 1 is 1.43 bits per heavy atom. The van der Waals surface area contributed by atoms with E-state index < -0.39 is 0 Å². The van der Waals surface area contributed by atoms with E-state index >= 15 is 0 Å². The van der Waals surface area contributed by atoms with Crippen molar-refractivity contribution in [2.45, 2.75) is 46.5 Å². The van der Waals surface area contributed by atoms with Crippen molar-refractivity contribution in [1.29, 1.82) is 0 Å². The fourth-order valence-electron chi connectivity index (χ4n) is 2.55. The first kappa shape index (κ1) is 15.5. The van der Waals surface area contributed by atoms with Crippen LogP contribution in [-0.2, 0) is 6.42 Å². The maximum absolute atomic E-state index is 13.2. The number of rotatable bonds is 2. The van der Waals surface area contributed by atoms with Crippen LogP contribution in [0.25, 0.3) is 0 Å². The van der Waals surface area contributed by atoms with Gasteiger partial charge in [0.05, 0.1) is 0 Å². The van der Waals surface area contributed by atoms with E-state index in [0.29, 0.717) is 17.3 Å². The molecule has 0 amide bonds. The molecule has 0 bridgehead atoms. The Balaban J connectivity index is 0.000000194. The highest BCUT2D eigenvalue weighted by atomic mass is 19.1. The van der Waals surface area contributed by atoms with Crippen molar-refractivity contribution in [1.82, 2.24) is 9.97 Å². The van der Waals surface area contributed by atoms with Gasteiger partial charge in [0.25, 0.3) is 0 Å².